The van der Waals surface area contributed by atoms with Crippen molar-refractivity contribution >= 4 is 19.7 Å². The lowest BCUT2D eigenvalue weighted by atomic mass is 10.2. The molecule has 0 aliphatic heterocycles. The highest BCUT2D eigenvalue weighted by atomic mass is 35.7. The highest BCUT2D eigenvalue weighted by molar-refractivity contribution is 8.13. The molecule has 0 saturated heterocycles. The summed E-state index contributed by atoms with van der Waals surface area (Å²) in [6, 6.07) is 7.25. The molecule has 0 aliphatic carbocycles. The van der Waals surface area contributed by atoms with Gasteiger partial charge in [0.2, 0.25) is 0 Å². The van der Waals surface area contributed by atoms with E-state index in [0.717, 1.165) is 0 Å². The van der Waals surface area contributed by atoms with Gasteiger partial charge in [0.25, 0.3) is 9.05 Å². The van der Waals surface area contributed by atoms with Crippen LogP contribution in [0.5, 0.6) is 0 Å². The largest absolute Gasteiger partial charge is 0.261 e. The molecular weight excluding hydrogens is 222 g/mol. The second-order valence-electron chi connectivity index (χ2n) is 2.07. The summed E-state index contributed by atoms with van der Waals surface area (Å²) in [5.74, 6) is 0. The van der Waals surface area contributed by atoms with Gasteiger partial charge in [0.05, 0.1) is 16.5 Å². The molecule has 1 aromatic rings. The molecule has 0 aliphatic rings. The number of rotatable bonds is 1. The van der Waals surface area contributed by atoms with Gasteiger partial charge in [0.1, 0.15) is 0 Å². The minimum Gasteiger partial charge on any atom is -0.207 e. The summed E-state index contributed by atoms with van der Waals surface area (Å²) < 4.78 is 21.4. The number of nitriles is 1. The number of nitrogens with zero attached hydrogens (tertiary/aromatic N) is 1. The Morgan fingerprint density at radius 2 is 1.64 bits per heavy atom. The van der Waals surface area contributed by atoms with Crippen LogP contribution in [0.3, 0.4) is 0 Å². The lowest BCUT2D eigenvalue weighted by molar-refractivity contribution is 0.609. The fourth-order valence-electron chi connectivity index (χ4n) is 0.692. The van der Waals surface area contributed by atoms with Crippen molar-refractivity contribution in [2.75, 3.05) is 0 Å². The van der Waals surface area contributed by atoms with Crippen LogP contribution in [0.4, 0.5) is 0 Å². The van der Waals surface area contributed by atoms with E-state index in [1.165, 1.54) is 24.3 Å². The van der Waals surface area contributed by atoms with E-state index in [-0.39, 0.29) is 4.90 Å². The molecule has 0 unspecified atom stereocenters. The van der Waals surface area contributed by atoms with Crippen molar-refractivity contribution in [1.29, 1.82) is 5.26 Å². The van der Waals surface area contributed by atoms with Gasteiger partial charge in [-0.05, 0) is 24.3 Å². The van der Waals surface area contributed by atoms with Crippen molar-refractivity contribution in [3.63, 3.8) is 0 Å². The van der Waals surface area contributed by atoms with Gasteiger partial charge < -0.3 is 0 Å². The number of hydrogen-bond acceptors (Lipinski definition) is 3. The van der Waals surface area contributed by atoms with E-state index in [0.29, 0.717) is 5.56 Å². The van der Waals surface area contributed by atoms with Crippen molar-refractivity contribution in [3.8, 4) is 6.07 Å². The summed E-state index contributed by atoms with van der Waals surface area (Å²) in [7, 11) is 1.38. The molecule has 0 fully saturated rings. The Labute approximate surface area is 88.4 Å². The molecule has 0 spiro atoms. The predicted molar refractivity (Wildman–Crippen MR) is 55.5 cm³/mol. The maximum absolute atomic E-state index is 10.7. The van der Waals surface area contributed by atoms with E-state index in [1.54, 1.807) is 0 Å². The number of benzene rings is 1. The minimum absolute atomic E-state index is 0.00293. The predicted octanol–water partition coefficient (Wildman–Crippen LogP) is 2.51. The van der Waals surface area contributed by atoms with E-state index in [2.05, 4.69) is 0 Å². The average molecular weight is 232 g/mol. The van der Waals surface area contributed by atoms with Gasteiger partial charge in [-0.1, -0.05) is 13.8 Å². The SMILES string of the molecule is CC.N#Cc1ccc(S(=O)(=O)Cl)cc1. The Kier molecular flexibility index (Phi) is 5.21. The summed E-state index contributed by atoms with van der Waals surface area (Å²) in [6.45, 7) is 4.00. The standard InChI is InChI=1S/C7H4ClNO2S.C2H6/c8-12(10,11)7-3-1-6(5-9)2-4-7;1-2/h1-4H;1-2H3. The Hall–Kier alpha value is -1.05. The lowest BCUT2D eigenvalue weighted by Crippen LogP contribution is -1.89. The fourth-order valence-corrected chi connectivity index (χ4v) is 1.46. The molecule has 3 nitrogen and oxygen atoms in total. The topological polar surface area (TPSA) is 57.9 Å². The molecule has 0 N–H and O–H groups in total. The van der Waals surface area contributed by atoms with Crippen LogP contribution < -0.4 is 0 Å². The molecule has 0 radical (unpaired) electrons. The van der Waals surface area contributed by atoms with Crippen LogP contribution in [-0.4, -0.2) is 8.42 Å². The maximum Gasteiger partial charge on any atom is 0.261 e. The van der Waals surface area contributed by atoms with Crippen molar-refractivity contribution < 1.29 is 8.42 Å². The number of hydrogen-bond donors (Lipinski definition) is 0. The summed E-state index contributed by atoms with van der Waals surface area (Å²) in [5.41, 5.74) is 0.402. The summed E-state index contributed by atoms with van der Waals surface area (Å²) in [6.07, 6.45) is 0. The van der Waals surface area contributed by atoms with Gasteiger partial charge in [-0.15, -0.1) is 0 Å². The van der Waals surface area contributed by atoms with E-state index in [4.69, 9.17) is 15.9 Å². The molecule has 0 atom stereocenters. The second-order valence-corrected chi connectivity index (χ2v) is 4.64. The monoisotopic (exact) mass is 231 g/mol. The molecule has 0 heterocycles. The number of halogens is 1. The van der Waals surface area contributed by atoms with Gasteiger partial charge in [0, 0.05) is 10.7 Å². The molecule has 0 aromatic heterocycles. The first-order chi connectivity index (χ1) is 6.54. The molecule has 1 rings (SSSR count). The van der Waals surface area contributed by atoms with E-state index >= 15 is 0 Å². The van der Waals surface area contributed by atoms with Gasteiger partial charge in [-0.25, -0.2) is 8.42 Å². The lowest BCUT2D eigenvalue weighted by Gasteiger charge is -1.93. The molecule has 14 heavy (non-hydrogen) atoms. The molecule has 76 valence electrons. The Bertz CT molecular complexity index is 417. The summed E-state index contributed by atoms with van der Waals surface area (Å²) in [5, 5.41) is 8.40. The first-order valence-corrected chi connectivity index (χ1v) is 6.30. The molecule has 5 heteroatoms. The molecule has 0 saturated carbocycles. The summed E-state index contributed by atoms with van der Waals surface area (Å²) >= 11 is 0. The van der Waals surface area contributed by atoms with E-state index < -0.39 is 9.05 Å². The molecule has 0 bridgehead atoms. The second kappa shape index (κ2) is 5.63. The summed E-state index contributed by atoms with van der Waals surface area (Å²) in [4.78, 5) is 0.00293. The highest BCUT2D eigenvalue weighted by Crippen LogP contribution is 2.14. The quantitative estimate of drug-likeness (QED) is 0.698. The zero-order valence-corrected chi connectivity index (χ0v) is 9.43. The van der Waals surface area contributed by atoms with Crippen LogP contribution in [-0.2, 0) is 9.05 Å². The minimum atomic E-state index is -3.66. The molecular formula is C9H10ClNO2S. The van der Waals surface area contributed by atoms with E-state index in [1.807, 2.05) is 19.9 Å². The first kappa shape index (κ1) is 12.9. The van der Waals surface area contributed by atoms with Crippen LogP contribution in [0.25, 0.3) is 0 Å². The van der Waals surface area contributed by atoms with Crippen LogP contribution in [0.2, 0.25) is 0 Å². The molecule has 0 amide bonds. The fraction of sp³-hybridized carbons (Fsp3) is 0.222. The Balaban J connectivity index is 0.000000791. The van der Waals surface area contributed by atoms with Crippen molar-refractivity contribution in [2.45, 2.75) is 18.7 Å². The highest BCUT2D eigenvalue weighted by Gasteiger charge is 2.08. The third-order valence-corrected chi connectivity index (χ3v) is 2.63. The van der Waals surface area contributed by atoms with Crippen LogP contribution >= 0.6 is 10.7 Å². The Morgan fingerprint density at radius 1 is 1.21 bits per heavy atom. The van der Waals surface area contributed by atoms with Crippen molar-refractivity contribution in [1.82, 2.24) is 0 Å². The van der Waals surface area contributed by atoms with Crippen LogP contribution in [0.15, 0.2) is 29.2 Å². The third-order valence-electron chi connectivity index (χ3n) is 1.26. The third kappa shape index (κ3) is 3.77. The smallest absolute Gasteiger partial charge is 0.207 e. The van der Waals surface area contributed by atoms with Gasteiger partial charge in [0.15, 0.2) is 0 Å². The van der Waals surface area contributed by atoms with Crippen LogP contribution in [0, 0.1) is 11.3 Å². The van der Waals surface area contributed by atoms with Crippen molar-refractivity contribution in [2.24, 2.45) is 0 Å². The average Bonchev–Trinajstić information content (AvgIpc) is 2.20. The van der Waals surface area contributed by atoms with Gasteiger partial charge in [-0.2, -0.15) is 5.26 Å². The normalized spacial score (nSPS) is 9.57. The van der Waals surface area contributed by atoms with Gasteiger partial charge in [-0.3, -0.25) is 0 Å². The van der Waals surface area contributed by atoms with Gasteiger partial charge >= 0.3 is 0 Å². The van der Waals surface area contributed by atoms with E-state index in [9.17, 15) is 8.42 Å². The Morgan fingerprint density at radius 3 is 1.93 bits per heavy atom. The maximum atomic E-state index is 10.7. The first-order valence-electron chi connectivity index (χ1n) is 3.99. The van der Waals surface area contributed by atoms with Crippen molar-refractivity contribution in [3.05, 3.63) is 29.8 Å². The zero-order chi connectivity index (χ0) is 11.2. The molecule has 1 aromatic carbocycles. The zero-order valence-electron chi connectivity index (χ0n) is 7.86. The van der Waals surface area contributed by atoms with Crippen LogP contribution in [0.1, 0.15) is 19.4 Å².